The summed E-state index contributed by atoms with van der Waals surface area (Å²) in [5.41, 5.74) is 1.32. The minimum Gasteiger partial charge on any atom is -0.325 e. The summed E-state index contributed by atoms with van der Waals surface area (Å²) in [6, 6.07) is 12.7. The van der Waals surface area contributed by atoms with E-state index in [1.54, 1.807) is 32.7 Å². The third-order valence-corrected chi connectivity index (χ3v) is 4.59. The van der Waals surface area contributed by atoms with Crippen LogP contribution in [0.25, 0.3) is 5.82 Å². The van der Waals surface area contributed by atoms with Crippen LogP contribution >= 0.6 is 0 Å². The van der Waals surface area contributed by atoms with Crippen molar-refractivity contribution in [3.05, 3.63) is 66.9 Å². The lowest BCUT2D eigenvalue weighted by molar-refractivity contribution is -0.121. The molecular weight excluding hydrogens is 344 g/mol. The van der Waals surface area contributed by atoms with Gasteiger partial charge in [-0.15, -0.1) is 10.2 Å². The molecule has 1 unspecified atom stereocenters. The summed E-state index contributed by atoms with van der Waals surface area (Å²) in [5.74, 6) is 0.258. The molecule has 1 saturated heterocycles. The van der Waals surface area contributed by atoms with Gasteiger partial charge in [-0.3, -0.25) is 14.2 Å². The SMILES string of the molecule is CC1CN(c2ccccc2)C(=O)CN1C(=O)c1ccnc(-n2cnnc2)c1. The van der Waals surface area contributed by atoms with Gasteiger partial charge in [-0.25, -0.2) is 4.98 Å². The standard InChI is InChI=1S/C19H18N6O2/c1-14-10-25(16-5-3-2-4-6-16)18(26)11-24(14)19(27)15-7-8-20-17(9-15)23-12-21-22-13-23/h2-9,12-14H,10-11H2,1H3. The molecule has 3 aromatic rings. The van der Waals surface area contributed by atoms with Crippen molar-refractivity contribution in [1.82, 2.24) is 24.6 Å². The van der Waals surface area contributed by atoms with E-state index in [9.17, 15) is 9.59 Å². The van der Waals surface area contributed by atoms with Gasteiger partial charge in [0.05, 0.1) is 0 Å². The highest BCUT2D eigenvalue weighted by atomic mass is 16.2. The van der Waals surface area contributed by atoms with E-state index >= 15 is 0 Å². The topological polar surface area (TPSA) is 84.2 Å². The lowest BCUT2D eigenvalue weighted by Gasteiger charge is -2.39. The molecule has 0 spiro atoms. The van der Waals surface area contributed by atoms with E-state index in [2.05, 4.69) is 15.2 Å². The summed E-state index contributed by atoms with van der Waals surface area (Å²) in [7, 11) is 0. The molecule has 1 aromatic carbocycles. The number of rotatable bonds is 3. The fraction of sp³-hybridized carbons (Fsp3) is 0.211. The highest BCUT2D eigenvalue weighted by Crippen LogP contribution is 2.21. The number of carbonyl (C=O) groups is 2. The Labute approximate surface area is 156 Å². The van der Waals surface area contributed by atoms with Crippen LogP contribution in [-0.4, -0.2) is 55.6 Å². The molecule has 1 fully saturated rings. The maximum absolute atomic E-state index is 13.0. The highest BCUT2D eigenvalue weighted by molar-refractivity contribution is 6.02. The average Bonchev–Trinajstić information content (AvgIpc) is 3.24. The monoisotopic (exact) mass is 362 g/mol. The first-order chi connectivity index (χ1) is 13.1. The summed E-state index contributed by atoms with van der Waals surface area (Å²) in [4.78, 5) is 33.2. The Kier molecular flexibility index (Phi) is 4.37. The maximum atomic E-state index is 13.0. The van der Waals surface area contributed by atoms with E-state index in [1.165, 1.54) is 12.7 Å². The van der Waals surface area contributed by atoms with Crippen LogP contribution < -0.4 is 4.90 Å². The van der Waals surface area contributed by atoms with E-state index in [-0.39, 0.29) is 24.4 Å². The molecule has 0 aliphatic carbocycles. The molecule has 0 bridgehead atoms. The molecule has 0 radical (unpaired) electrons. The van der Waals surface area contributed by atoms with Gasteiger partial charge in [0.15, 0.2) is 0 Å². The second-order valence-corrected chi connectivity index (χ2v) is 6.39. The molecular formula is C19H18N6O2. The van der Waals surface area contributed by atoms with Gasteiger partial charge in [0.1, 0.15) is 25.0 Å². The molecule has 2 amide bonds. The first-order valence-electron chi connectivity index (χ1n) is 8.61. The summed E-state index contributed by atoms with van der Waals surface area (Å²) in [6.07, 6.45) is 4.60. The minimum absolute atomic E-state index is 0.0409. The number of amides is 2. The van der Waals surface area contributed by atoms with E-state index in [0.29, 0.717) is 17.9 Å². The number of benzene rings is 1. The summed E-state index contributed by atoms with van der Waals surface area (Å²) >= 11 is 0. The summed E-state index contributed by atoms with van der Waals surface area (Å²) in [5, 5.41) is 7.50. The number of para-hydroxylation sites is 1. The number of anilines is 1. The molecule has 27 heavy (non-hydrogen) atoms. The van der Waals surface area contributed by atoms with E-state index in [4.69, 9.17) is 0 Å². The van der Waals surface area contributed by atoms with Gasteiger partial charge in [0.2, 0.25) is 5.91 Å². The van der Waals surface area contributed by atoms with Crippen LogP contribution in [0, 0.1) is 0 Å². The first-order valence-corrected chi connectivity index (χ1v) is 8.61. The largest absolute Gasteiger partial charge is 0.325 e. The second kappa shape index (κ2) is 6.99. The fourth-order valence-electron chi connectivity index (χ4n) is 3.16. The third kappa shape index (κ3) is 3.29. The second-order valence-electron chi connectivity index (χ2n) is 6.39. The van der Waals surface area contributed by atoms with Crippen LogP contribution in [0.2, 0.25) is 0 Å². The molecule has 0 saturated carbocycles. The molecule has 8 heteroatoms. The van der Waals surface area contributed by atoms with Crippen LogP contribution in [0.15, 0.2) is 61.3 Å². The van der Waals surface area contributed by atoms with Crippen molar-refractivity contribution in [2.24, 2.45) is 0 Å². The normalized spacial score (nSPS) is 17.2. The molecule has 1 aliphatic rings. The number of carbonyl (C=O) groups excluding carboxylic acids is 2. The highest BCUT2D eigenvalue weighted by Gasteiger charge is 2.33. The van der Waals surface area contributed by atoms with Crippen molar-refractivity contribution >= 4 is 17.5 Å². The number of hydrogen-bond donors (Lipinski definition) is 0. The van der Waals surface area contributed by atoms with Crippen molar-refractivity contribution in [2.45, 2.75) is 13.0 Å². The zero-order chi connectivity index (χ0) is 18.8. The number of nitrogens with zero attached hydrogens (tertiary/aromatic N) is 6. The molecule has 4 rings (SSSR count). The van der Waals surface area contributed by atoms with Gasteiger partial charge < -0.3 is 9.80 Å². The van der Waals surface area contributed by atoms with Gasteiger partial charge in [0.25, 0.3) is 5.91 Å². The predicted molar refractivity (Wildman–Crippen MR) is 98.4 cm³/mol. The van der Waals surface area contributed by atoms with Crippen molar-refractivity contribution in [3.63, 3.8) is 0 Å². The molecule has 1 atom stereocenters. The van der Waals surface area contributed by atoms with Crippen LogP contribution in [0.4, 0.5) is 5.69 Å². The van der Waals surface area contributed by atoms with Gasteiger partial charge >= 0.3 is 0 Å². The Morgan fingerprint density at radius 2 is 1.85 bits per heavy atom. The zero-order valence-corrected chi connectivity index (χ0v) is 14.8. The Morgan fingerprint density at radius 1 is 1.11 bits per heavy atom. The lowest BCUT2D eigenvalue weighted by Crippen LogP contribution is -2.57. The Morgan fingerprint density at radius 3 is 2.59 bits per heavy atom. The van der Waals surface area contributed by atoms with Gasteiger partial charge in [-0.2, -0.15) is 0 Å². The molecule has 3 heterocycles. The van der Waals surface area contributed by atoms with Gasteiger partial charge in [-0.05, 0) is 31.2 Å². The Balaban J connectivity index is 1.55. The molecule has 0 N–H and O–H groups in total. The van der Waals surface area contributed by atoms with Crippen LogP contribution in [0.5, 0.6) is 0 Å². The maximum Gasteiger partial charge on any atom is 0.254 e. The zero-order valence-electron chi connectivity index (χ0n) is 14.8. The number of hydrogen-bond acceptors (Lipinski definition) is 5. The van der Waals surface area contributed by atoms with Crippen molar-refractivity contribution in [1.29, 1.82) is 0 Å². The van der Waals surface area contributed by atoms with Crippen molar-refractivity contribution < 1.29 is 9.59 Å². The van der Waals surface area contributed by atoms with Gasteiger partial charge in [-0.1, -0.05) is 18.2 Å². The summed E-state index contributed by atoms with van der Waals surface area (Å²) < 4.78 is 1.62. The molecule has 136 valence electrons. The van der Waals surface area contributed by atoms with Gasteiger partial charge in [0, 0.05) is 30.0 Å². The molecule has 8 nitrogen and oxygen atoms in total. The van der Waals surface area contributed by atoms with E-state index < -0.39 is 0 Å². The Bertz CT molecular complexity index is 957. The molecule has 2 aromatic heterocycles. The fourth-order valence-corrected chi connectivity index (χ4v) is 3.16. The summed E-state index contributed by atoms with van der Waals surface area (Å²) in [6.45, 7) is 2.44. The van der Waals surface area contributed by atoms with Crippen LogP contribution in [0.1, 0.15) is 17.3 Å². The average molecular weight is 362 g/mol. The lowest BCUT2D eigenvalue weighted by atomic mass is 10.1. The van der Waals surface area contributed by atoms with Crippen molar-refractivity contribution in [2.75, 3.05) is 18.0 Å². The smallest absolute Gasteiger partial charge is 0.254 e. The van der Waals surface area contributed by atoms with Crippen LogP contribution in [-0.2, 0) is 4.79 Å². The quantitative estimate of drug-likeness (QED) is 0.706. The first kappa shape index (κ1) is 16.9. The number of piperazine rings is 1. The van der Waals surface area contributed by atoms with Crippen LogP contribution in [0.3, 0.4) is 0 Å². The predicted octanol–water partition coefficient (Wildman–Crippen LogP) is 1.54. The molecule has 1 aliphatic heterocycles. The minimum atomic E-state index is -0.194. The number of aromatic nitrogens is 4. The number of pyridine rings is 1. The Hall–Kier alpha value is -3.55. The van der Waals surface area contributed by atoms with E-state index in [1.807, 2.05) is 37.3 Å². The third-order valence-electron chi connectivity index (χ3n) is 4.59. The van der Waals surface area contributed by atoms with Crippen molar-refractivity contribution in [3.8, 4) is 5.82 Å². The van der Waals surface area contributed by atoms with E-state index in [0.717, 1.165) is 5.69 Å².